The molecule has 0 radical (unpaired) electrons. The van der Waals surface area contributed by atoms with Crippen LogP contribution in [0.5, 0.6) is 5.75 Å². The molecule has 2 aliphatic rings. The number of halogens is 2. The van der Waals surface area contributed by atoms with Gasteiger partial charge < -0.3 is 15.0 Å². The third-order valence-corrected chi connectivity index (χ3v) is 6.68. The van der Waals surface area contributed by atoms with Crippen molar-refractivity contribution in [3.05, 3.63) is 52.0 Å². The smallest absolute Gasteiger partial charge is 0.227 e. The number of benzene rings is 1. The summed E-state index contributed by atoms with van der Waals surface area (Å²) in [6, 6.07) is 7.15. The maximum atomic E-state index is 14.0. The lowest BCUT2D eigenvalue weighted by molar-refractivity contribution is -0.132. The van der Waals surface area contributed by atoms with Gasteiger partial charge in [0.2, 0.25) is 5.91 Å². The van der Waals surface area contributed by atoms with Gasteiger partial charge in [0.05, 0.1) is 13.5 Å². The second-order valence-electron chi connectivity index (χ2n) is 7.63. The van der Waals surface area contributed by atoms with Crippen LogP contribution in [0.3, 0.4) is 0 Å². The van der Waals surface area contributed by atoms with Crippen molar-refractivity contribution in [3.63, 3.8) is 0 Å². The number of piperidine rings is 1. The highest BCUT2D eigenvalue weighted by molar-refractivity contribution is 7.07. The molecule has 4 rings (SSSR count). The first-order valence-electron chi connectivity index (χ1n) is 9.45. The van der Waals surface area contributed by atoms with Crippen molar-refractivity contribution in [2.75, 3.05) is 20.2 Å². The first-order valence-corrected chi connectivity index (χ1v) is 10.4. The lowest BCUT2D eigenvalue weighted by atomic mass is 9.93. The Hall–Kier alpha value is -1.63. The lowest BCUT2D eigenvalue weighted by Gasteiger charge is -2.29. The number of nitrogens with one attached hydrogen (secondary N) is 1. The predicted molar refractivity (Wildman–Crippen MR) is 112 cm³/mol. The van der Waals surface area contributed by atoms with Gasteiger partial charge in [-0.1, -0.05) is 6.07 Å². The molecule has 2 fully saturated rings. The molecule has 1 unspecified atom stereocenters. The van der Waals surface area contributed by atoms with Crippen LogP contribution in [0.4, 0.5) is 4.39 Å². The normalized spacial score (nSPS) is 19.7. The minimum Gasteiger partial charge on any atom is -0.494 e. The number of thiophene rings is 1. The fourth-order valence-electron chi connectivity index (χ4n) is 4.28. The van der Waals surface area contributed by atoms with Crippen molar-refractivity contribution in [2.45, 2.75) is 38.3 Å². The van der Waals surface area contributed by atoms with Gasteiger partial charge in [-0.15, -0.1) is 12.4 Å². The Morgan fingerprint density at radius 3 is 2.75 bits per heavy atom. The summed E-state index contributed by atoms with van der Waals surface area (Å²) in [7, 11) is 1.44. The van der Waals surface area contributed by atoms with Crippen LogP contribution in [0, 0.1) is 11.2 Å². The second kappa shape index (κ2) is 8.80. The Morgan fingerprint density at radius 2 is 2.11 bits per heavy atom. The van der Waals surface area contributed by atoms with E-state index in [9.17, 15) is 9.18 Å². The van der Waals surface area contributed by atoms with Crippen LogP contribution >= 0.6 is 23.7 Å². The third kappa shape index (κ3) is 4.34. The zero-order valence-electron chi connectivity index (χ0n) is 15.9. The summed E-state index contributed by atoms with van der Waals surface area (Å²) in [6.45, 7) is 2.70. The van der Waals surface area contributed by atoms with Gasteiger partial charge in [-0.2, -0.15) is 11.3 Å². The number of nitrogens with zero attached hydrogens (tertiary/aromatic N) is 1. The molecule has 1 saturated carbocycles. The minimum atomic E-state index is -0.423. The van der Waals surface area contributed by atoms with Crippen molar-refractivity contribution >= 4 is 29.7 Å². The first kappa shape index (κ1) is 21.1. The van der Waals surface area contributed by atoms with E-state index in [0.29, 0.717) is 18.2 Å². The van der Waals surface area contributed by atoms with E-state index in [2.05, 4.69) is 16.8 Å². The van der Waals surface area contributed by atoms with Crippen LogP contribution in [-0.4, -0.2) is 37.0 Å². The van der Waals surface area contributed by atoms with Crippen molar-refractivity contribution in [1.29, 1.82) is 0 Å². The number of carbonyl (C=O) groups excluding carboxylic acids is 1. The van der Waals surface area contributed by atoms with Crippen LogP contribution < -0.4 is 10.1 Å². The zero-order chi connectivity index (χ0) is 18.9. The average molecular weight is 425 g/mol. The maximum absolute atomic E-state index is 14.0. The Bertz CT molecular complexity index is 809. The van der Waals surface area contributed by atoms with E-state index in [-0.39, 0.29) is 35.9 Å². The van der Waals surface area contributed by atoms with E-state index in [0.717, 1.165) is 32.4 Å². The number of hydrogen-bond donors (Lipinski definition) is 1. The zero-order valence-corrected chi connectivity index (χ0v) is 17.6. The lowest BCUT2D eigenvalue weighted by Crippen LogP contribution is -2.39. The van der Waals surface area contributed by atoms with Crippen LogP contribution in [0.1, 0.15) is 30.4 Å². The topological polar surface area (TPSA) is 41.6 Å². The fourth-order valence-corrected chi connectivity index (χ4v) is 4.94. The van der Waals surface area contributed by atoms with Crippen LogP contribution in [0.2, 0.25) is 0 Å². The Balaban J connectivity index is 0.00000225. The number of rotatable bonds is 6. The van der Waals surface area contributed by atoms with Crippen molar-refractivity contribution in [3.8, 4) is 5.75 Å². The summed E-state index contributed by atoms with van der Waals surface area (Å²) in [5.41, 5.74) is 2.14. The molecule has 2 aromatic rings. The van der Waals surface area contributed by atoms with Crippen LogP contribution in [-0.2, 0) is 17.8 Å². The van der Waals surface area contributed by atoms with Gasteiger partial charge in [-0.3, -0.25) is 4.79 Å². The largest absolute Gasteiger partial charge is 0.494 e. The molecule has 7 heteroatoms. The minimum absolute atomic E-state index is 0. The standard InChI is InChI=1S/C21H25FN2O2S.ClH/c1-26-18-3-2-15(10-17(18)22)11-20(25)24(13-16-4-9-27-14-16)19-12-21(19)5-7-23-8-6-21;/h2-4,9-10,14,19,23H,5-8,11-13H2,1H3;1H. The van der Waals surface area contributed by atoms with Gasteiger partial charge in [0.25, 0.3) is 0 Å². The van der Waals surface area contributed by atoms with Gasteiger partial charge in [-0.25, -0.2) is 4.39 Å². The summed E-state index contributed by atoms with van der Waals surface area (Å²) in [6.07, 6.45) is 3.56. The first-order chi connectivity index (χ1) is 13.1. The molecule has 28 heavy (non-hydrogen) atoms. The van der Waals surface area contributed by atoms with Gasteiger partial charge in [-0.05, 0) is 77.9 Å². The van der Waals surface area contributed by atoms with Gasteiger partial charge in [0, 0.05) is 12.6 Å². The van der Waals surface area contributed by atoms with Gasteiger partial charge >= 0.3 is 0 Å². The van der Waals surface area contributed by atoms with Crippen molar-refractivity contribution < 1.29 is 13.9 Å². The monoisotopic (exact) mass is 424 g/mol. The SMILES string of the molecule is COc1ccc(CC(=O)N(Cc2ccsc2)C2CC23CCNCC3)cc1F.Cl. The molecule has 1 spiro atoms. The number of methoxy groups -OCH3 is 1. The third-order valence-electron chi connectivity index (χ3n) is 5.95. The molecular weight excluding hydrogens is 399 g/mol. The van der Waals surface area contributed by atoms with Crippen molar-refractivity contribution in [2.24, 2.45) is 5.41 Å². The van der Waals surface area contributed by atoms with E-state index >= 15 is 0 Å². The Labute approximate surface area is 175 Å². The van der Waals surface area contributed by atoms with E-state index in [1.807, 2.05) is 10.3 Å². The molecule has 4 nitrogen and oxygen atoms in total. The van der Waals surface area contributed by atoms with Crippen LogP contribution in [0.25, 0.3) is 0 Å². The van der Waals surface area contributed by atoms with Gasteiger partial charge in [0.1, 0.15) is 0 Å². The molecule has 1 aromatic heterocycles. The molecular formula is C21H26ClFN2O2S. The number of carbonyl (C=O) groups is 1. The summed E-state index contributed by atoms with van der Waals surface area (Å²) < 4.78 is 19.0. The highest BCUT2D eigenvalue weighted by Gasteiger charge is 2.57. The van der Waals surface area contributed by atoms with E-state index in [1.54, 1.807) is 23.5 Å². The number of ether oxygens (including phenoxy) is 1. The summed E-state index contributed by atoms with van der Waals surface area (Å²) >= 11 is 1.65. The average Bonchev–Trinajstić information content (AvgIpc) is 3.10. The summed E-state index contributed by atoms with van der Waals surface area (Å²) in [5, 5.41) is 7.56. The molecule has 1 aliphatic heterocycles. The van der Waals surface area contributed by atoms with Gasteiger partial charge in [0.15, 0.2) is 11.6 Å². The molecule has 1 N–H and O–H groups in total. The Morgan fingerprint density at radius 1 is 1.32 bits per heavy atom. The number of amides is 1. The molecule has 0 bridgehead atoms. The van der Waals surface area contributed by atoms with E-state index < -0.39 is 5.82 Å². The van der Waals surface area contributed by atoms with Crippen molar-refractivity contribution in [1.82, 2.24) is 10.2 Å². The molecule has 1 amide bonds. The number of hydrogen-bond acceptors (Lipinski definition) is 4. The molecule has 2 heterocycles. The molecule has 1 atom stereocenters. The summed E-state index contributed by atoms with van der Waals surface area (Å²) in [5.74, 6) is -0.142. The van der Waals surface area contributed by atoms with E-state index in [4.69, 9.17) is 4.74 Å². The highest BCUT2D eigenvalue weighted by atomic mass is 35.5. The predicted octanol–water partition coefficient (Wildman–Crippen LogP) is 4.03. The molecule has 1 aromatic carbocycles. The quantitative estimate of drug-likeness (QED) is 0.761. The second-order valence-corrected chi connectivity index (χ2v) is 8.41. The summed E-state index contributed by atoms with van der Waals surface area (Å²) in [4.78, 5) is 15.2. The highest BCUT2D eigenvalue weighted by Crippen LogP contribution is 2.56. The Kier molecular flexibility index (Phi) is 6.63. The maximum Gasteiger partial charge on any atom is 0.227 e. The van der Waals surface area contributed by atoms with Crippen LogP contribution in [0.15, 0.2) is 35.0 Å². The fraction of sp³-hybridized carbons (Fsp3) is 0.476. The molecule has 152 valence electrons. The molecule has 1 aliphatic carbocycles. The van der Waals surface area contributed by atoms with E-state index in [1.165, 1.54) is 18.7 Å². The molecule has 1 saturated heterocycles.